The number of rotatable bonds is 4. The van der Waals surface area contributed by atoms with E-state index in [2.05, 4.69) is 72.6 Å². The maximum atomic E-state index is 4.70. The van der Waals surface area contributed by atoms with Gasteiger partial charge in [-0.25, -0.2) is 4.98 Å². The van der Waals surface area contributed by atoms with Crippen LogP contribution in [-0.4, -0.2) is 9.97 Å². The third-order valence-corrected chi connectivity index (χ3v) is 4.41. The average molecular weight is 300 g/mol. The third kappa shape index (κ3) is 2.98. The van der Waals surface area contributed by atoms with Crippen LogP contribution in [0.3, 0.4) is 0 Å². The van der Waals surface area contributed by atoms with Gasteiger partial charge in [0.15, 0.2) is 0 Å². The Morgan fingerprint density at radius 2 is 1.91 bits per heavy atom. The van der Waals surface area contributed by atoms with Gasteiger partial charge in [0, 0.05) is 0 Å². The van der Waals surface area contributed by atoms with E-state index in [4.69, 9.17) is 4.98 Å². The Morgan fingerprint density at radius 3 is 2.70 bits per heavy atom. The molecular formula is C21H20N2. The van der Waals surface area contributed by atoms with E-state index in [0.29, 0.717) is 0 Å². The fourth-order valence-corrected chi connectivity index (χ4v) is 3.14. The SMILES string of the molecule is Cc1cccc(CCc2ccc3nc(C4=CC=CC4)[nH]c3c2)c1. The topological polar surface area (TPSA) is 28.7 Å². The molecule has 1 aliphatic carbocycles. The molecule has 4 rings (SSSR count). The number of hydrogen-bond donors (Lipinski definition) is 1. The summed E-state index contributed by atoms with van der Waals surface area (Å²) in [6, 6.07) is 15.3. The lowest BCUT2D eigenvalue weighted by Crippen LogP contribution is -1.91. The minimum Gasteiger partial charge on any atom is -0.338 e. The highest BCUT2D eigenvalue weighted by atomic mass is 14.9. The highest BCUT2D eigenvalue weighted by Gasteiger charge is 2.09. The molecular weight excluding hydrogens is 280 g/mol. The molecule has 1 aliphatic rings. The zero-order valence-electron chi connectivity index (χ0n) is 13.3. The van der Waals surface area contributed by atoms with E-state index in [-0.39, 0.29) is 0 Å². The van der Waals surface area contributed by atoms with Crippen LogP contribution >= 0.6 is 0 Å². The summed E-state index contributed by atoms with van der Waals surface area (Å²) in [5, 5.41) is 0. The molecule has 2 nitrogen and oxygen atoms in total. The Morgan fingerprint density at radius 1 is 1.04 bits per heavy atom. The summed E-state index contributed by atoms with van der Waals surface area (Å²) >= 11 is 0. The molecule has 0 radical (unpaired) electrons. The highest BCUT2D eigenvalue weighted by Crippen LogP contribution is 2.24. The molecule has 1 N–H and O–H groups in total. The van der Waals surface area contributed by atoms with Gasteiger partial charge in [-0.2, -0.15) is 0 Å². The van der Waals surface area contributed by atoms with Gasteiger partial charge in [-0.15, -0.1) is 0 Å². The van der Waals surface area contributed by atoms with Crippen molar-refractivity contribution in [3.05, 3.63) is 83.2 Å². The van der Waals surface area contributed by atoms with Crippen LogP contribution in [0.5, 0.6) is 0 Å². The van der Waals surface area contributed by atoms with Crippen molar-refractivity contribution in [1.82, 2.24) is 9.97 Å². The number of nitrogens with one attached hydrogen (secondary N) is 1. The molecule has 2 heteroatoms. The van der Waals surface area contributed by atoms with Gasteiger partial charge in [0.2, 0.25) is 0 Å². The lowest BCUT2D eigenvalue weighted by atomic mass is 10.0. The van der Waals surface area contributed by atoms with Crippen molar-refractivity contribution in [2.75, 3.05) is 0 Å². The Hall–Kier alpha value is -2.61. The van der Waals surface area contributed by atoms with E-state index in [0.717, 1.165) is 36.1 Å². The number of fused-ring (bicyclic) bond motifs is 1. The van der Waals surface area contributed by atoms with E-state index in [9.17, 15) is 0 Å². The Kier molecular flexibility index (Phi) is 3.58. The van der Waals surface area contributed by atoms with Crippen LogP contribution in [-0.2, 0) is 12.8 Å². The number of H-pyrrole nitrogens is 1. The largest absolute Gasteiger partial charge is 0.338 e. The van der Waals surface area contributed by atoms with Crippen molar-refractivity contribution in [1.29, 1.82) is 0 Å². The Balaban J connectivity index is 1.54. The molecule has 0 aliphatic heterocycles. The van der Waals surface area contributed by atoms with E-state index < -0.39 is 0 Å². The van der Waals surface area contributed by atoms with Crippen LogP contribution in [0.4, 0.5) is 0 Å². The summed E-state index contributed by atoms with van der Waals surface area (Å²) in [6.45, 7) is 2.15. The molecule has 0 saturated carbocycles. The summed E-state index contributed by atoms with van der Waals surface area (Å²) in [5.41, 5.74) is 7.53. The summed E-state index contributed by atoms with van der Waals surface area (Å²) in [6.07, 6.45) is 9.49. The maximum absolute atomic E-state index is 4.70. The predicted molar refractivity (Wildman–Crippen MR) is 96.4 cm³/mol. The molecule has 0 spiro atoms. The second-order valence-corrected chi connectivity index (χ2v) is 6.25. The molecule has 0 saturated heterocycles. The number of aryl methyl sites for hydroxylation is 3. The van der Waals surface area contributed by atoms with Gasteiger partial charge in [0.1, 0.15) is 5.82 Å². The van der Waals surface area contributed by atoms with E-state index >= 15 is 0 Å². The Bertz CT molecular complexity index is 912. The van der Waals surface area contributed by atoms with Crippen LogP contribution in [0.25, 0.3) is 16.6 Å². The zero-order valence-corrected chi connectivity index (χ0v) is 13.3. The van der Waals surface area contributed by atoms with E-state index in [1.54, 1.807) is 0 Å². The van der Waals surface area contributed by atoms with Gasteiger partial charge < -0.3 is 4.98 Å². The fourth-order valence-electron chi connectivity index (χ4n) is 3.14. The van der Waals surface area contributed by atoms with Crippen molar-refractivity contribution in [2.45, 2.75) is 26.2 Å². The van der Waals surface area contributed by atoms with Crippen LogP contribution < -0.4 is 0 Å². The smallest absolute Gasteiger partial charge is 0.134 e. The van der Waals surface area contributed by atoms with Crippen LogP contribution in [0.2, 0.25) is 0 Å². The lowest BCUT2D eigenvalue weighted by molar-refractivity contribution is 0.959. The monoisotopic (exact) mass is 300 g/mol. The first-order valence-electron chi connectivity index (χ1n) is 8.18. The van der Waals surface area contributed by atoms with Crippen LogP contribution in [0.1, 0.15) is 28.9 Å². The first-order valence-corrected chi connectivity index (χ1v) is 8.18. The molecule has 0 atom stereocenters. The van der Waals surface area contributed by atoms with Crippen molar-refractivity contribution in [2.24, 2.45) is 0 Å². The number of benzene rings is 2. The molecule has 0 bridgehead atoms. The molecule has 1 heterocycles. The summed E-state index contributed by atoms with van der Waals surface area (Å²) in [7, 11) is 0. The average Bonchev–Trinajstić information content (AvgIpc) is 3.21. The molecule has 3 aromatic rings. The van der Waals surface area contributed by atoms with Gasteiger partial charge in [0.25, 0.3) is 0 Å². The van der Waals surface area contributed by atoms with Crippen molar-refractivity contribution in [3.8, 4) is 0 Å². The number of nitrogens with zero attached hydrogens (tertiary/aromatic N) is 1. The van der Waals surface area contributed by atoms with E-state index in [1.807, 2.05) is 0 Å². The van der Waals surface area contributed by atoms with Gasteiger partial charge in [-0.05, 0) is 55.0 Å². The van der Waals surface area contributed by atoms with Gasteiger partial charge in [-0.3, -0.25) is 0 Å². The van der Waals surface area contributed by atoms with Crippen molar-refractivity contribution >= 4 is 16.6 Å². The molecule has 1 aromatic heterocycles. The van der Waals surface area contributed by atoms with Crippen LogP contribution in [0.15, 0.2) is 60.7 Å². The molecule has 114 valence electrons. The minimum atomic E-state index is 0.972. The summed E-state index contributed by atoms with van der Waals surface area (Å²) in [5.74, 6) is 1.00. The quantitative estimate of drug-likeness (QED) is 0.721. The van der Waals surface area contributed by atoms with E-state index in [1.165, 1.54) is 22.3 Å². The van der Waals surface area contributed by atoms with Gasteiger partial charge >= 0.3 is 0 Å². The third-order valence-electron chi connectivity index (χ3n) is 4.41. The first kappa shape index (κ1) is 14.0. The number of imidazole rings is 1. The number of aromatic nitrogens is 2. The van der Waals surface area contributed by atoms with Gasteiger partial charge in [-0.1, -0.05) is 54.1 Å². The number of hydrogen-bond acceptors (Lipinski definition) is 1. The second-order valence-electron chi connectivity index (χ2n) is 6.25. The zero-order chi connectivity index (χ0) is 15.6. The molecule has 23 heavy (non-hydrogen) atoms. The second kappa shape index (κ2) is 5.88. The fraction of sp³-hybridized carbons (Fsp3) is 0.190. The van der Waals surface area contributed by atoms with Crippen molar-refractivity contribution in [3.63, 3.8) is 0 Å². The molecule has 0 fully saturated rings. The lowest BCUT2D eigenvalue weighted by Gasteiger charge is -2.03. The molecule has 0 unspecified atom stereocenters. The maximum Gasteiger partial charge on any atom is 0.134 e. The highest BCUT2D eigenvalue weighted by molar-refractivity contribution is 5.80. The predicted octanol–water partition coefficient (Wildman–Crippen LogP) is 5.00. The van der Waals surface area contributed by atoms with Gasteiger partial charge in [0.05, 0.1) is 11.0 Å². The van der Waals surface area contributed by atoms with Crippen LogP contribution in [0, 0.1) is 6.92 Å². The molecule has 2 aromatic carbocycles. The number of allylic oxidation sites excluding steroid dienone is 4. The minimum absolute atomic E-state index is 0.972. The molecule has 0 amide bonds. The number of aromatic amines is 1. The standard InChI is InChI=1S/C21H20N2/c1-15-5-4-6-16(13-15)9-10-17-11-12-19-20(14-17)23-21(22-19)18-7-2-3-8-18/h2-7,11-14H,8-10H2,1H3,(H,22,23). The summed E-state index contributed by atoms with van der Waals surface area (Å²) < 4.78 is 0. The van der Waals surface area contributed by atoms with Crippen molar-refractivity contribution < 1.29 is 0 Å². The Labute approximate surface area is 136 Å². The normalized spacial score (nSPS) is 13.7. The summed E-state index contributed by atoms with van der Waals surface area (Å²) in [4.78, 5) is 8.17. The first-order chi connectivity index (χ1) is 11.3.